The molecule has 6 nitrogen and oxygen atoms in total. The van der Waals surface area contributed by atoms with Gasteiger partial charge in [-0.05, 0) is 45.9 Å². The number of ether oxygens (including phenoxy) is 1. The van der Waals surface area contributed by atoms with E-state index in [2.05, 4.69) is 10.1 Å². The average molecular weight is 415 g/mol. The van der Waals surface area contributed by atoms with E-state index in [4.69, 9.17) is 4.74 Å². The summed E-state index contributed by atoms with van der Waals surface area (Å²) >= 11 is 0. The molecular weight excluding hydrogens is 390 g/mol. The number of aromatic nitrogens is 3. The number of benzene rings is 2. The molecule has 1 unspecified atom stereocenters. The number of rotatable bonds is 6. The fourth-order valence-electron chi connectivity index (χ4n) is 3.99. The third-order valence-electron chi connectivity index (χ3n) is 5.58. The van der Waals surface area contributed by atoms with Crippen molar-refractivity contribution in [2.45, 2.75) is 40.2 Å². The van der Waals surface area contributed by atoms with Gasteiger partial charge in [0.2, 0.25) is 5.78 Å². The van der Waals surface area contributed by atoms with Gasteiger partial charge in [0.1, 0.15) is 0 Å². The summed E-state index contributed by atoms with van der Waals surface area (Å²) in [6.07, 6.45) is -0.815. The molecule has 4 rings (SSSR count). The van der Waals surface area contributed by atoms with Gasteiger partial charge in [0.15, 0.2) is 6.10 Å². The van der Waals surface area contributed by atoms with Gasteiger partial charge in [-0.3, -0.25) is 9.59 Å². The molecule has 2 heterocycles. The van der Waals surface area contributed by atoms with Crippen LogP contribution in [0, 0.1) is 20.8 Å². The van der Waals surface area contributed by atoms with Gasteiger partial charge in [-0.15, -0.1) is 0 Å². The first-order valence-corrected chi connectivity index (χ1v) is 10.3. The molecule has 0 aliphatic carbocycles. The third kappa shape index (κ3) is 3.89. The van der Waals surface area contributed by atoms with E-state index < -0.39 is 12.1 Å². The number of aryl methyl sites for hydroxylation is 2. The molecule has 0 spiro atoms. The molecule has 0 aliphatic rings. The Balaban J connectivity index is 1.51. The summed E-state index contributed by atoms with van der Waals surface area (Å²) in [6.45, 7) is 7.28. The van der Waals surface area contributed by atoms with Crippen LogP contribution in [0.3, 0.4) is 0 Å². The lowest BCUT2D eigenvalue weighted by molar-refractivity contribution is -0.145. The number of para-hydroxylation sites is 2. The van der Waals surface area contributed by atoms with Crippen LogP contribution in [0.15, 0.2) is 54.6 Å². The summed E-state index contributed by atoms with van der Waals surface area (Å²) in [7, 11) is 0. The number of nitrogens with one attached hydrogen (secondary N) is 1. The highest BCUT2D eigenvalue weighted by atomic mass is 16.5. The zero-order chi connectivity index (χ0) is 22.1. The summed E-state index contributed by atoms with van der Waals surface area (Å²) < 4.78 is 7.35. The van der Waals surface area contributed by atoms with Crippen LogP contribution in [0.2, 0.25) is 0 Å². The zero-order valence-corrected chi connectivity index (χ0v) is 18.1. The molecule has 1 N–H and O–H groups in total. The maximum absolute atomic E-state index is 13.0. The van der Waals surface area contributed by atoms with Crippen molar-refractivity contribution in [2.24, 2.45) is 0 Å². The fourth-order valence-corrected chi connectivity index (χ4v) is 3.99. The molecule has 0 amide bonds. The van der Waals surface area contributed by atoms with E-state index >= 15 is 0 Å². The van der Waals surface area contributed by atoms with Gasteiger partial charge >= 0.3 is 5.97 Å². The number of Topliss-reactive ketones (excluding diaryl/α,β-unsaturated/α-hetero) is 1. The Morgan fingerprint density at radius 2 is 1.71 bits per heavy atom. The van der Waals surface area contributed by atoms with E-state index in [0.717, 1.165) is 39.2 Å². The molecule has 158 valence electrons. The smallest absolute Gasteiger partial charge is 0.311 e. The second kappa shape index (κ2) is 8.22. The van der Waals surface area contributed by atoms with E-state index in [0.29, 0.717) is 5.56 Å². The molecule has 6 heteroatoms. The Morgan fingerprint density at radius 1 is 1.03 bits per heavy atom. The first kappa shape index (κ1) is 20.6. The summed E-state index contributed by atoms with van der Waals surface area (Å²) in [5.41, 5.74) is 5.63. The predicted octanol–water partition coefficient (Wildman–Crippen LogP) is 4.64. The molecule has 4 aromatic rings. The molecule has 0 saturated carbocycles. The number of carbonyl (C=O) groups is 2. The largest absolute Gasteiger partial charge is 0.454 e. The van der Waals surface area contributed by atoms with Crippen molar-refractivity contribution in [1.29, 1.82) is 0 Å². The van der Waals surface area contributed by atoms with Crippen LogP contribution in [0.1, 0.15) is 39.9 Å². The van der Waals surface area contributed by atoms with Crippen LogP contribution in [0.4, 0.5) is 0 Å². The van der Waals surface area contributed by atoms with Crippen LogP contribution in [0.5, 0.6) is 0 Å². The van der Waals surface area contributed by atoms with Gasteiger partial charge in [-0.1, -0.05) is 36.4 Å². The predicted molar refractivity (Wildman–Crippen MR) is 120 cm³/mol. The van der Waals surface area contributed by atoms with E-state index in [1.165, 1.54) is 0 Å². The van der Waals surface area contributed by atoms with E-state index in [1.54, 1.807) is 6.92 Å². The SMILES string of the molecule is Cc1nn(-c2ccccc2)c(C)c1CC(=O)OC(C)C(=O)c1c(C)[nH]c2ccccc12. The maximum atomic E-state index is 13.0. The van der Waals surface area contributed by atoms with Gasteiger partial charge in [0.05, 0.1) is 17.8 Å². The van der Waals surface area contributed by atoms with Crippen LogP contribution in [-0.4, -0.2) is 32.6 Å². The molecule has 0 bridgehead atoms. The van der Waals surface area contributed by atoms with Crippen LogP contribution in [0.25, 0.3) is 16.6 Å². The second-order valence-corrected chi connectivity index (χ2v) is 7.74. The van der Waals surface area contributed by atoms with Crippen molar-refractivity contribution in [3.8, 4) is 5.69 Å². The lowest BCUT2D eigenvalue weighted by atomic mass is 10.0. The summed E-state index contributed by atoms with van der Waals surface area (Å²) in [5.74, 6) is -0.658. The maximum Gasteiger partial charge on any atom is 0.311 e. The normalized spacial score (nSPS) is 12.1. The fraction of sp³-hybridized carbons (Fsp3) is 0.240. The number of ketones is 1. The van der Waals surface area contributed by atoms with Crippen molar-refractivity contribution in [1.82, 2.24) is 14.8 Å². The van der Waals surface area contributed by atoms with Crippen molar-refractivity contribution in [3.05, 3.63) is 82.8 Å². The molecule has 2 aromatic carbocycles. The summed E-state index contributed by atoms with van der Waals surface area (Å²) in [6, 6.07) is 17.4. The zero-order valence-electron chi connectivity index (χ0n) is 18.1. The highest BCUT2D eigenvalue weighted by Crippen LogP contribution is 2.24. The lowest BCUT2D eigenvalue weighted by Crippen LogP contribution is -2.25. The van der Waals surface area contributed by atoms with E-state index in [1.807, 2.05) is 80.1 Å². The highest BCUT2D eigenvalue weighted by molar-refractivity contribution is 6.11. The Labute approximate surface area is 180 Å². The van der Waals surface area contributed by atoms with Gasteiger partial charge in [0.25, 0.3) is 0 Å². The minimum Gasteiger partial charge on any atom is -0.454 e. The number of aromatic amines is 1. The van der Waals surface area contributed by atoms with Crippen molar-refractivity contribution in [2.75, 3.05) is 0 Å². The molecule has 0 saturated heterocycles. The Bertz CT molecular complexity index is 1270. The van der Waals surface area contributed by atoms with Gasteiger partial charge in [-0.2, -0.15) is 5.10 Å². The van der Waals surface area contributed by atoms with Crippen LogP contribution in [-0.2, 0) is 16.0 Å². The Hall–Kier alpha value is -3.67. The van der Waals surface area contributed by atoms with Crippen molar-refractivity contribution in [3.63, 3.8) is 0 Å². The average Bonchev–Trinajstić information content (AvgIpc) is 3.24. The molecule has 0 fully saturated rings. The van der Waals surface area contributed by atoms with Gasteiger partial charge in [-0.25, -0.2) is 4.68 Å². The molecule has 31 heavy (non-hydrogen) atoms. The number of esters is 1. The highest BCUT2D eigenvalue weighted by Gasteiger charge is 2.25. The summed E-state index contributed by atoms with van der Waals surface area (Å²) in [5, 5.41) is 5.41. The van der Waals surface area contributed by atoms with Crippen molar-refractivity contribution >= 4 is 22.7 Å². The Morgan fingerprint density at radius 3 is 2.45 bits per heavy atom. The number of hydrogen-bond acceptors (Lipinski definition) is 4. The van der Waals surface area contributed by atoms with Gasteiger partial charge in [0, 0.05) is 33.4 Å². The molecule has 2 aromatic heterocycles. The van der Waals surface area contributed by atoms with Crippen molar-refractivity contribution < 1.29 is 14.3 Å². The number of carbonyl (C=O) groups excluding carboxylic acids is 2. The molecular formula is C25H25N3O3. The van der Waals surface area contributed by atoms with E-state index in [9.17, 15) is 9.59 Å². The second-order valence-electron chi connectivity index (χ2n) is 7.74. The van der Waals surface area contributed by atoms with Crippen LogP contribution >= 0.6 is 0 Å². The number of hydrogen-bond donors (Lipinski definition) is 1. The molecule has 0 aliphatic heterocycles. The Kier molecular flexibility index (Phi) is 5.46. The number of fused-ring (bicyclic) bond motifs is 1. The quantitative estimate of drug-likeness (QED) is 0.368. The number of H-pyrrole nitrogens is 1. The first-order valence-electron chi connectivity index (χ1n) is 10.3. The lowest BCUT2D eigenvalue weighted by Gasteiger charge is -2.13. The standard InChI is InChI=1S/C25H25N3O3/c1-15-21(17(3)28(27-15)19-10-6-5-7-11-19)14-23(29)31-18(4)25(30)24-16(2)26-22-13-9-8-12-20(22)24/h5-13,18,26H,14H2,1-4H3. The topological polar surface area (TPSA) is 77.0 Å². The third-order valence-corrected chi connectivity index (χ3v) is 5.58. The minimum absolute atomic E-state index is 0.0645. The monoisotopic (exact) mass is 415 g/mol. The minimum atomic E-state index is -0.879. The molecule has 1 atom stereocenters. The van der Waals surface area contributed by atoms with Gasteiger partial charge < -0.3 is 9.72 Å². The molecule has 0 radical (unpaired) electrons. The van der Waals surface area contributed by atoms with Crippen LogP contribution < -0.4 is 0 Å². The number of nitrogens with zero attached hydrogens (tertiary/aromatic N) is 2. The van der Waals surface area contributed by atoms with E-state index in [-0.39, 0.29) is 12.2 Å². The summed E-state index contributed by atoms with van der Waals surface area (Å²) in [4.78, 5) is 28.9. The first-order chi connectivity index (χ1) is 14.9.